The van der Waals surface area contributed by atoms with Crippen LogP contribution in [-0.4, -0.2) is 41.3 Å². The summed E-state index contributed by atoms with van der Waals surface area (Å²) < 4.78 is 7.01. The second-order valence-corrected chi connectivity index (χ2v) is 4.01. The molecule has 1 atom stereocenters. The van der Waals surface area contributed by atoms with Crippen LogP contribution in [0.2, 0.25) is 0 Å². The lowest BCUT2D eigenvalue weighted by Gasteiger charge is -2.15. The molecule has 0 fully saturated rings. The van der Waals surface area contributed by atoms with Gasteiger partial charge >= 0.3 is 0 Å². The molecule has 0 spiro atoms. The average Bonchev–Trinajstić information content (AvgIpc) is 2.76. The van der Waals surface area contributed by atoms with Crippen molar-refractivity contribution in [3.8, 4) is 0 Å². The van der Waals surface area contributed by atoms with Crippen LogP contribution in [0.4, 0.5) is 0 Å². The lowest BCUT2D eigenvalue weighted by molar-refractivity contribution is 0.127. The fraction of sp³-hybridized carbons (Fsp3) is 0.750. The number of nitrogens with one attached hydrogen (secondary N) is 1. The monoisotopic (exact) mass is 241 g/mol. The van der Waals surface area contributed by atoms with Crippen molar-refractivity contribution in [3.63, 3.8) is 0 Å². The predicted molar refractivity (Wildman–Crippen MR) is 66.9 cm³/mol. The molecular formula is C12H23N3O2. The van der Waals surface area contributed by atoms with Gasteiger partial charge in [0.05, 0.1) is 30.6 Å². The highest BCUT2D eigenvalue weighted by atomic mass is 16.5. The molecule has 0 aliphatic carbocycles. The highest BCUT2D eigenvalue weighted by molar-refractivity contribution is 5.10. The van der Waals surface area contributed by atoms with Crippen LogP contribution in [0.25, 0.3) is 0 Å². The number of aliphatic hydroxyl groups is 1. The van der Waals surface area contributed by atoms with Crippen LogP contribution >= 0.6 is 0 Å². The first-order valence-electron chi connectivity index (χ1n) is 6.13. The molecule has 1 aromatic heterocycles. The molecule has 0 saturated heterocycles. The number of nitrogens with zero attached hydrogens (tertiary/aromatic N) is 2. The molecule has 0 radical (unpaired) electrons. The summed E-state index contributed by atoms with van der Waals surface area (Å²) in [6, 6.07) is 2.09. The number of hydrogen-bond acceptors (Lipinski definition) is 4. The number of methoxy groups -OCH3 is 1. The zero-order valence-electron chi connectivity index (χ0n) is 10.9. The van der Waals surface area contributed by atoms with Gasteiger partial charge in [-0.15, -0.1) is 0 Å². The number of rotatable bonds is 8. The van der Waals surface area contributed by atoms with E-state index < -0.39 is 0 Å². The Labute approximate surface area is 103 Å². The van der Waals surface area contributed by atoms with E-state index in [0.29, 0.717) is 13.2 Å². The Morgan fingerprint density at radius 1 is 1.53 bits per heavy atom. The van der Waals surface area contributed by atoms with Crippen LogP contribution < -0.4 is 5.32 Å². The summed E-state index contributed by atoms with van der Waals surface area (Å²) in [5.41, 5.74) is 2.26. The van der Waals surface area contributed by atoms with Gasteiger partial charge < -0.3 is 15.2 Å². The third kappa shape index (κ3) is 4.11. The summed E-state index contributed by atoms with van der Waals surface area (Å²) in [6.07, 6.45) is 0.946. The Morgan fingerprint density at radius 3 is 2.82 bits per heavy atom. The molecule has 2 N–H and O–H groups in total. The number of aryl methyl sites for hydroxylation is 2. The molecule has 0 amide bonds. The predicted octanol–water partition coefficient (Wildman–Crippen LogP) is 0.562. The summed E-state index contributed by atoms with van der Waals surface area (Å²) >= 11 is 0. The fourth-order valence-corrected chi connectivity index (χ4v) is 1.73. The van der Waals surface area contributed by atoms with Crippen molar-refractivity contribution in [1.82, 2.24) is 15.1 Å². The summed E-state index contributed by atoms with van der Waals surface area (Å²) in [5, 5.41) is 16.9. The zero-order valence-corrected chi connectivity index (χ0v) is 10.9. The minimum atomic E-state index is -0.0229. The van der Waals surface area contributed by atoms with Crippen molar-refractivity contribution in [3.05, 3.63) is 17.5 Å². The maximum Gasteiger partial charge on any atom is 0.0638 e. The van der Waals surface area contributed by atoms with Gasteiger partial charge in [-0.3, -0.25) is 4.68 Å². The first-order chi connectivity index (χ1) is 8.24. The molecule has 0 aliphatic rings. The first-order valence-corrected chi connectivity index (χ1v) is 6.13. The Hall–Kier alpha value is -0.910. The van der Waals surface area contributed by atoms with Gasteiger partial charge in [-0.1, -0.05) is 6.92 Å². The zero-order chi connectivity index (χ0) is 12.7. The van der Waals surface area contributed by atoms with Crippen LogP contribution in [0.3, 0.4) is 0 Å². The molecule has 1 rings (SSSR count). The van der Waals surface area contributed by atoms with E-state index in [1.165, 1.54) is 0 Å². The molecule has 1 aromatic rings. The topological polar surface area (TPSA) is 59.3 Å². The highest BCUT2D eigenvalue weighted by Crippen LogP contribution is 2.05. The highest BCUT2D eigenvalue weighted by Gasteiger charge is 2.09. The van der Waals surface area contributed by atoms with Crippen LogP contribution in [-0.2, 0) is 24.2 Å². The third-order valence-electron chi connectivity index (χ3n) is 2.74. The lowest BCUT2D eigenvalue weighted by Crippen LogP contribution is -2.36. The second kappa shape index (κ2) is 7.42. The van der Waals surface area contributed by atoms with E-state index in [4.69, 9.17) is 9.84 Å². The lowest BCUT2D eigenvalue weighted by atomic mass is 10.3. The Balaban J connectivity index is 2.57. The van der Waals surface area contributed by atoms with E-state index in [9.17, 15) is 0 Å². The summed E-state index contributed by atoms with van der Waals surface area (Å²) in [5.74, 6) is 0. The Bertz CT molecular complexity index is 326. The van der Waals surface area contributed by atoms with Gasteiger partial charge in [0.1, 0.15) is 0 Å². The number of ether oxygens (including phenoxy) is 1. The largest absolute Gasteiger partial charge is 0.395 e. The Kier molecular flexibility index (Phi) is 6.18. The van der Waals surface area contributed by atoms with Crippen molar-refractivity contribution in [2.45, 2.75) is 39.4 Å². The minimum Gasteiger partial charge on any atom is -0.395 e. The van der Waals surface area contributed by atoms with E-state index in [1.54, 1.807) is 7.11 Å². The number of hydrogen-bond donors (Lipinski definition) is 2. The van der Waals surface area contributed by atoms with E-state index in [-0.39, 0.29) is 12.6 Å². The van der Waals surface area contributed by atoms with E-state index in [0.717, 1.165) is 24.4 Å². The van der Waals surface area contributed by atoms with E-state index >= 15 is 0 Å². The molecule has 0 bridgehead atoms. The Morgan fingerprint density at radius 2 is 2.29 bits per heavy atom. The van der Waals surface area contributed by atoms with Crippen molar-refractivity contribution in [2.75, 3.05) is 20.3 Å². The van der Waals surface area contributed by atoms with E-state index in [2.05, 4.69) is 30.3 Å². The molecule has 17 heavy (non-hydrogen) atoms. The molecule has 1 unspecified atom stereocenters. The average molecular weight is 241 g/mol. The molecule has 1 heterocycles. The standard InChI is InChI=1S/C12H23N3O2/c1-4-10-6-12(15(5-2)14-10)7-13-11(8-16)9-17-3/h6,11,13,16H,4-5,7-9H2,1-3H3. The van der Waals surface area contributed by atoms with Gasteiger partial charge in [-0.05, 0) is 19.4 Å². The van der Waals surface area contributed by atoms with Crippen molar-refractivity contribution in [1.29, 1.82) is 0 Å². The van der Waals surface area contributed by atoms with Gasteiger partial charge in [0.15, 0.2) is 0 Å². The maximum absolute atomic E-state index is 9.15. The molecule has 0 saturated carbocycles. The van der Waals surface area contributed by atoms with Crippen LogP contribution in [0.5, 0.6) is 0 Å². The van der Waals surface area contributed by atoms with Gasteiger partial charge in [0, 0.05) is 20.2 Å². The fourth-order valence-electron chi connectivity index (χ4n) is 1.73. The molecule has 0 aromatic carbocycles. The quantitative estimate of drug-likeness (QED) is 0.698. The molecule has 5 nitrogen and oxygen atoms in total. The smallest absolute Gasteiger partial charge is 0.0638 e. The van der Waals surface area contributed by atoms with Crippen molar-refractivity contribution in [2.24, 2.45) is 0 Å². The van der Waals surface area contributed by atoms with Gasteiger partial charge in [0.2, 0.25) is 0 Å². The van der Waals surface area contributed by atoms with Gasteiger partial charge in [-0.25, -0.2) is 0 Å². The SMILES string of the molecule is CCc1cc(CNC(CO)COC)n(CC)n1. The van der Waals surface area contributed by atoms with Gasteiger partial charge in [-0.2, -0.15) is 5.10 Å². The van der Waals surface area contributed by atoms with Crippen LogP contribution in [0.1, 0.15) is 25.2 Å². The number of aromatic nitrogens is 2. The summed E-state index contributed by atoms with van der Waals surface area (Å²) in [4.78, 5) is 0. The van der Waals surface area contributed by atoms with Crippen LogP contribution in [0.15, 0.2) is 6.07 Å². The second-order valence-electron chi connectivity index (χ2n) is 4.01. The summed E-state index contributed by atoms with van der Waals surface area (Å²) in [6.45, 7) is 6.34. The van der Waals surface area contributed by atoms with Gasteiger partial charge in [0.25, 0.3) is 0 Å². The minimum absolute atomic E-state index is 0.0229. The van der Waals surface area contributed by atoms with Crippen molar-refractivity contribution < 1.29 is 9.84 Å². The van der Waals surface area contributed by atoms with E-state index in [1.807, 2.05) is 4.68 Å². The van der Waals surface area contributed by atoms with Crippen LogP contribution in [0, 0.1) is 0 Å². The maximum atomic E-state index is 9.15. The third-order valence-corrected chi connectivity index (χ3v) is 2.74. The normalized spacial score (nSPS) is 12.9. The number of aliphatic hydroxyl groups excluding tert-OH is 1. The summed E-state index contributed by atoms with van der Waals surface area (Å²) in [7, 11) is 1.63. The molecule has 0 aliphatic heterocycles. The van der Waals surface area contributed by atoms with Crippen molar-refractivity contribution >= 4 is 0 Å². The molecule has 98 valence electrons. The molecular weight excluding hydrogens is 218 g/mol. The molecule has 5 heteroatoms. The first kappa shape index (κ1) is 14.2.